The number of carbonyl (C=O) groups is 1. The van der Waals surface area contributed by atoms with Crippen LogP contribution >= 0.6 is 11.6 Å². The zero-order valence-corrected chi connectivity index (χ0v) is 16.0. The van der Waals surface area contributed by atoms with Crippen LogP contribution in [0.5, 0.6) is 0 Å². The summed E-state index contributed by atoms with van der Waals surface area (Å²) in [7, 11) is 0. The number of H-pyrrole nitrogens is 2. The van der Waals surface area contributed by atoms with E-state index in [-0.39, 0.29) is 17.6 Å². The molecule has 2 heterocycles. The van der Waals surface area contributed by atoms with E-state index in [1.807, 2.05) is 6.92 Å². The molecule has 0 radical (unpaired) electrons. The van der Waals surface area contributed by atoms with Crippen LogP contribution in [0.1, 0.15) is 35.6 Å². The molecule has 3 aromatic rings. The van der Waals surface area contributed by atoms with Crippen LogP contribution in [0.4, 0.5) is 8.78 Å². The Kier molecular flexibility index (Phi) is 5.37. The number of hydrogen-bond acceptors (Lipinski definition) is 1. The van der Waals surface area contributed by atoms with Gasteiger partial charge in [0.1, 0.15) is 17.3 Å². The molecule has 2 aromatic heterocycles. The van der Waals surface area contributed by atoms with Gasteiger partial charge in [0, 0.05) is 33.4 Å². The summed E-state index contributed by atoms with van der Waals surface area (Å²) in [6, 6.07) is 5.89. The van der Waals surface area contributed by atoms with E-state index >= 15 is 0 Å². The Balaban J connectivity index is 1.77. The van der Waals surface area contributed by atoms with Crippen molar-refractivity contribution in [2.75, 3.05) is 6.54 Å². The highest BCUT2D eigenvalue weighted by Crippen LogP contribution is 2.16. The van der Waals surface area contributed by atoms with Gasteiger partial charge < -0.3 is 15.3 Å². The topological polar surface area (TPSA) is 60.7 Å². The van der Waals surface area contributed by atoms with Crippen LogP contribution in [-0.4, -0.2) is 22.4 Å². The average molecular weight is 392 g/mol. The number of halogens is 3. The summed E-state index contributed by atoms with van der Waals surface area (Å²) in [6.45, 7) is 5.25. The van der Waals surface area contributed by atoms with Gasteiger partial charge in [-0.3, -0.25) is 4.79 Å². The minimum atomic E-state index is -0.357. The highest BCUT2D eigenvalue weighted by molar-refractivity contribution is 6.44. The molecule has 0 saturated heterocycles. The number of aromatic nitrogens is 2. The zero-order chi connectivity index (χ0) is 19.7. The van der Waals surface area contributed by atoms with E-state index < -0.39 is 0 Å². The third kappa shape index (κ3) is 3.90. The maximum Gasteiger partial charge on any atom is 0.267 e. The fourth-order valence-electron chi connectivity index (χ4n) is 3.24. The molecule has 0 aliphatic carbocycles. The van der Waals surface area contributed by atoms with Crippen LogP contribution < -0.4 is 15.9 Å². The summed E-state index contributed by atoms with van der Waals surface area (Å²) >= 11 is 6.06. The molecule has 1 amide bonds. The number of nitrogens with one attached hydrogen (secondary N) is 3. The van der Waals surface area contributed by atoms with Crippen molar-refractivity contribution < 1.29 is 13.6 Å². The lowest BCUT2D eigenvalue weighted by Crippen LogP contribution is -2.31. The largest absolute Gasteiger partial charge is 0.357 e. The van der Waals surface area contributed by atoms with Gasteiger partial charge in [0.05, 0.1) is 5.35 Å². The van der Waals surface area contributed by atoms with Crippen LogP contribution in [0.2, 0.25) is 0 Å². The molecule has 0 aliphatic rings. The van der Waals surface area contributed by atoms with E-state index in [1.165, 1.54) is 19.1 Å². The predicted molar refractivity (Wildman–Crippen MR) is 104 cm³/mol. The number of carbonyl (C=O) groups excluding carboxylic acids is 1. The van der Waals surface area contributed by atoms with E-state index in [0.29, 0.717) is 45.2 Å². The lowest BCUT2D eigenvalue weighted by atomic mass is 10.1. The molecule has 1 aromatic carbocycles. The smallest absolute Gasteiger partial charge is 0.267 e. The van der Waals surface area contributed by atoms with Crippen molar-refractivity contribution >= 4 is 39.3 Å². The monoisotopic (exact) mass is 391 g/mol. The summed E-state index contributed by atoms with van der Waals surface area (Å²) in [5.74, 6) is -0.986. The lowest BCUT2D eigenvalue weighted by Gasteiger charge is -2.04. The second kappa shape index (κ2) is 7.56. The first-order chi connectivity index (χ1) is 12.8. The van der Waals surface area contributed by atoms with E-state index in [0.717, 1.165) is 11.3 Å². The van der Waals surface area contributed by atoms with Crippen LogP contribution in [-0.2, 0) is 6.42 Å². The molecule has 0 saturated carbocycles. The van der Waals surface area contributed by atoms with Crippen LogP contribution in [0.15, 0.2) is 24.3 Å². The molecule has 7 heteroatoms. The van der Waals surface area contributed by atoms with Crippen LogP contribution in [0, 0.1) is 12.7 Å². The summed E-state index contributed by atoms with van der Waals surface area (Å²) in [6.07, 6.45) is 0.448. The maximum absolute atomic E-state index is 14.0. The third-order valence-corrected chi connectivity index (χ3v) is 4.68. The summed E-state index contributed by atoms with van der Waals surface area (Å²) < 4.78 is 27.3. The summed E-state index contributed by atoms with van der Waals surface area (Å²) in [4.78, 5) is 18.4. The number of benzene rings is 1. The van der Waals surface area contributed by atoms with Crippen molar-refractivity contribution in [2.45, 2.75) is 27.2 Å². The van der Waals surface area contributed by atoms with Crippen molar-refractivity contribution in [3.05, 3.63) is 57.6 Å². The highest BCUT2D eigenvalue weighted by atomic mass is 35.5. The first kappa shape index (κ1) is 19.2. The van der Waals surface area contributed by atoms with E-state index in [2.05, 4.69) is 15.3 Å². The van der Waals surface area contributed by atoms with Gasteiger partial charge in [-0.25, -0.2) is 8.78 Å². The van der Waals surface area contributed by atoms with E-state index in [1.54, 1.807) is 19.1 Å². The van der Waals surface area contributed by atoms with Gasteiger partial charge >= 0.3 is 0 Å². The molecule has 4 nitrogen and oxygen atoms in total. The van der Waals surface area contributed by atoms with Crippen molar-refractivity contribution in [3.8, 4) is 0 Å². The highest BCUT2D eigenvalue weighted by Gasteiger charge is 2.12. The fraction of sp³-hybridized carbons (Fsp3) is 0.250. The quantitative estimate of drug-likeness (QED) is 0.627. The Morgan fingerprint density at radius 1 is 1.22 bits per heavy atom. The lowest BCUT2D eigenvalue weighted by molar-refractivity contribution is 0.0950. The molecular formula is C20H20ClF2N3O. The Hall–Kier alpha value is -2.60. The SMILES string of the molecule is CC(Cl)=c1[nH]c(C)c(CCNC(=O)c2cc3cc(F)ccc3[nH]2)c1=C(C)F. The Bertz CT molecular complexity index is 1140. The van der Waals surface area contributed by atoms with Crippen molar-refractivity contribution in [2.24, 2.45) is 0 Å². The molecule has 0 unspecified atom stereocenters. The molecule has 0 spiro atoms. The molecule has 0 atom stereocenters. The summed E-state index contributed by atoms with van der Waals surface area (Å²) in [5, 5.41) is 4.93. The number of amides is 1. The number of rotatable bonds is 4. The summed E-state index contributed by atoms with van der Waals surface area (Å²) in [5.41, 5.74) is 2.63. The molecule has 0 bridgehead atoms. The first-order valence-corrected chi connectivity index (χ1v) is 8.92. The number of hydrogen-bond donors (Lipinski definition) is 3. The molecular weight excluding hydrogens is 372 g/mol. The molecule has 27 heavy (non-hydrogen) atoms. The Morgan fingerprint density at radius 2 is 1.96 bits per heavy atom. The van der Waals surface area contributed by atoms with Gasteiger partial charge in [-0.15, -0.1) is 0 Å². The second-order valence-corrected chi connectivity index (χ2v) is 7.03. The van der Waals surface area contributed by atoms with Gasteiger partial charge in [0.15, 0.2) is 0 Å². The van der Waals surface area contributed by atoms with E-state index in [4.69, 9.17) is 11.6 Å². The van der Waals surface area contributed by atoms with Gasteiger partial charge in [0.2, 0.25) is 0 Å². The van der Waals surface area contributed by atoms with Crippen LogP contribution in [0.25, 0.3) is 21.8 Å². The van der Waals surface area contributed by atoms with Crippen molar-refractivity contribution in [1.82, 2.24) is 15.3 Å². The molecule has 142 valence electrons. The van der Waals surface area contributed by atoms with Crippen molar-refractivity contribution in [3.63, 3.8) is 0 Å². The average Bonchev–Trinajstić information content (AvgIpc) is 3.16. The zero-order valence-electron chi connectivity index (χ0n) is 15.3. The predicted octanol–water partition coefficient (Wildman–Crippen LogP) is 3.38. The number of fused-ring (bicyclic) bond motifs is 1. The van der Waals surface area contributed by atoms with Gasteiger partial charge in [-0.1, -0.05) is 11.6 Å². The first-order valence-electron chi connectivity index (χ1n) is 8.54. The van der Waals surface area contributed by atoms with Gasteiger partial charge in [-0.05, 0) is 57.0 Å². The Morgan fingerprint density at radius 3 is 2.63 bits per heavy atom. The van der Waals surface area contributed by atoms with E-state index in [9.17, 15) is 13.6 Å². The molecule has 0 aliphatic heterocycles. The number of aromatic amines is 2. The number of aryl methyl sites for hydroxylation is 1. The van der Waals surface area contributed by atoms with Gasteiger partial charge in [-0.2, -0.15) is 0 Å². The maximum atomic E-state index is 14.0. The molecule has 0 fully saturated rings. The fourth-order valence-corrected chi connectivity index (χ4v) is 3.38. The van der Waals surface area contributed by atoms with Crippen LogP contribution in [0.3, 0.4) is 0 Å². The minimum Gasteiger partial charge on any atom is -0.357 e. The third-order valence-electron chi connectivity index (χ3n) is 4.49. The van der Waals surface area contributed by atoms with Gasteiger partial charge in [0.25, 0.3) is 5.91 Å². The van der Waals surface area contributed by atoms with Crippen molar-refractivity contribution in [1.29, 1.82) is 0 Å². The molecule has 3 N–H and O–H groups in total. The molecule has 3 rings (SSSR count). The normalized spacial score (nSPS) is 13.7. The second-order valence-electron chi connectivity index (χ2n) is 6.47. The Labute approximate surface area is 159 Å². The standard InChI is InChI=1S/C20H20ClF2N3O/c1-10(21)19-18(11(2)22)15(12(3)25-19)6-7-24-20(27)17-9-13-8-14(23)4-5-16(13)26-17/h4-5,8-9,25-26H,6-7H2,1-3H3,(H,24,27). The minimum absolute atomic E-state index is 0.303.